The standard InChI is InChI=1S/C28H25BrCl2N4O3S/c1-19-15-22(20(2)35(19)26-10-6-9-25(30)28(26)31)16-32-33-27(36)18-34(17-21-7-4-3-5-8-21)39(37,38)24-13-11-23(29)12-14-24/h3-16H,17-18H2,1-2H3,(H,33,36)/b32-16+. The molecule has 0 atom stereocenters. The predicted octanol–water partition coefficient (Wildman–Crippen LogP) is 6.50. The second kappa shape index (κ2) is 12.5. The summed E-state index contributed by atoms with van der Waals surface area (Å²) in [7, 11) is -3.96. The number of halogens is 3. The summed E-state index contributed by atoms with van der Waals surface area (Å²) in [6, 6.07) is 22.7. The Hall–Kier alpha value is -2.95. The highest BCUT2D eigenvalue weighted by molar-refractivity contribution is 9.10. The highest BCUT2D eigenvalue weighted by Gasteiger charge is 2.27. The van der Waals surface area contributed by atoms with Crippen LogP contribution in [0, 0.1) is 13.8 Å². The number of nitrogens with one attached hydrogen (secondary N) is 1. The number of hydrogen-bond donors (Lipinski definition) is 1. The average Bonchev–Trinajstić information content (AvgIpc) is 3.18. The van der Waals surface area contributed by atoms with Gasteiger partial charge in [0, 0.05) is 28.0 Å². The molecule has 0 aliphatic heterocycles. The van der Waals surface area contributed by atoms with Crippen LogP contribution in [0.5, 0.6) is 0 Å². The van der Waals surface area contributed by atoms with Gasteiger partial charge in [0.15, 0.2) is 0 Å². The third kappa shape index (κ3) is 6.80. The lowest BCUT2D eigenvalue weighted by Gasteiger charge is -2.21. The second-order valence-electron chi connectivity index (χ2n) is 8.74. The van der Waals surface area contributed by atoms with Gasteiger partial charge in [0.25, 0.3) is 5.91 Å². The van der Waals surface area contributed by atoms with Crippen molar-refractivity contribution in [2.24, 2.45) is 5.10 Å². The van der Waals surface area contributed by atoms with Crippen LogP contribution in [0.25, 0.3) is 5.69 Å². The quantitative estimate of drug-likeness (QED) is 0.166. The lowest BCUT2D eigenvalue weighted by molar-refractivity contribution is -0.121. The van der Waals surface area contributed by atoms with Gasteiger partial charge < -0.3 is 4.57 Å². The zero-order valence-corrected chi connectivity index (χ0v) is 25.0. The van der Waals surface area contributed by atoms with Crippen molar-refractivity contribution in [1.82, 2.24) is 14.3 Å². The first kappa shape index (κ1) is 29.0. The van der Waals surface area contributed by atoms with Gasteiger partial charge in [0.2, 0.25) is 10.0 Å². The molecule has 0 unspecified atom stereocenters. The summed E-state index contributed by atoms with van der Waals surface area (Å²) in [4.78, 5) is 12.9. The zero-order chi connectivity index (χ0) is 28.2. The van der Waals surface area contributed by atoms with E-state index in [9.17, 15) is 13.2 Å². The van der Waals surface area contributed by atoms with Crippen molar-refractivity contribution in [3.63, 3.8) is 0 Å². The van der Waals surface area contributed by atoms with E-state index >= 15 is 0 Å². The molecule has 1 amide bonds. The summed E-state index contributed by atoms with van der Waals surface area (Å²) in [6.07, 6.45) is 1.51. The maximum atomic E-state index is 13.4. The molecule has 39 heavy (non-hydrogen) atoms. The minimum atomic E-state index is -3.96. The monoisotopic (exact) mass is 646 g/mol. The van der Waals surface area contributed by atoms with Crippen molar-refractivity contribution in [2.75, 3.05) is 6.54 Å². The fourth-order valence-electron chi connectivity index (χ4n) is 4.09. The molecule has 1 heterocycles. The Morgan fingerprint density at radius 3 is 2.41 bits per heavy atom. The topological polar surface area (TPSA) is 83.8 Å². The van der Waals surface area contributed by atoms with Gasteiger partial charge in [-0.3, -0.25) is 4.79 Å². The number of hydrogen-bond acceptors (Lipinski definition) is 4. The molecule has 0 fully saturated rings. The number of aryl methyl sites for hydroxylation is 1. The number of hydrazone groups is 1. The second-order valence-corrected chi connectivity index (χ2v) is 12.4. The molecule has 0 saturated carbocycles. The van der Waals surface area contributed by atoms with Crippen LogP contribution in [0.3, 0.4) is 0 Å². The van der Waals surface area contributed by atoms with Crippen LogP contribution in [0.15, 0.2) is 93.3 Å². The van der Waals surface area contributed by atoms with Crippen LogP contribution in [0.1, 0.15) is 22.5 Å². The Morgan fingerprint density at radius 2 is 1.72 bits per heavy atom. The molecule has 3 aromatic carbocycles. The average molecular weight is 648 g/mol. The fourth-order valence-corrected chi connectivity index (χ4v) is 6.12. The third-order valence-corrected chi connectivity index (χ3v) is 9.15. The van der Waals surface area contributed by atoms with Gasteiger partial charge in [-0.25, -0.2) is 13.8 Å². The van der Waals surface area contributed by atoms with E-state index in [1.54, 1.807) is 18.2 Å². The first-order valence-corrected chi connectivity index (χ1v) is 14.8. The van der Waals surface area contributed by atoms with Crippen molar-refractivity contribution in [2.45, 2.75) is 25.3 Å². The molecule has 0 bridgehead atoms. The Labute approximate surface area is 246 Å². The minimum absolute atomic E-state index is 0.0257. The smallest absolute Gasteiger partial charge is 0.255 e. The van der Waals surface area contributed by atoms with E-state index in [4.69, 9.17) is 23.2 Å². The predicted molar refractivity (Wildman–Crippen MR) is 159 cm³/mol. The van der Waals surface area contributed by atoms with Crippen LogP contribution >= 0.6 is 39.1 Å². The largest absolute Gasteiger partial charge is 0.316 e. The summed E-state index contributed by atoms with van der Waals surface area (Å²) in [6.45, 7) is 3.44. The zero-order valence-electron chi connectivity index (χ0n) is 21.1. The highest BCUT2D eigenvalue weighted by Crippen LogP contribution is 2.31. The number of nitrogens with zero attached hydrogens (tertiary/aromatic N) is 3. The van der Waals surface area contributed by atoms with Crippen LogP contribution in [-0.4, -0.2) is 36.0 Å². The van der Waals surface area contributed by atoms with Crippen LogP contribution in [0.4, 0.5) is 0 Å². The Morgan fingerprint density at radius 1 is 1.03 bits per heavy atom. The lowest BCUT2D eigenvalue weighted by atomic mass is 10.2. The van der Waals surface area contributed by atoms with E-state index in [0.29, 0.717) is 10.0 Å². The summed E-state index contributed by atoms with van der Waals surface area (Å²) in [5.41, 5.74) is 6.45. The van der Waals surface area contributed by atoms with Crippen LogP contribution < -0.4 is 5.43 Å². The number of amides is 1. The molecule has 0 aliphatic rings. The molecule has 7 nitrogen and oxygen atoms in total. The molecule has 4 aromatic rings. The molecule has 1 aromatic heterocycles. The minimum Gasteiger partial charge on any atom is -0.316 e. The molecule has 11 heteroatoms. The first-order chi connectivity index (χ1) is 18.6. The first-order valence-electron chi connectivity index (χ1n) is 11.8. The Balaban J connectivity index is 1.53. The molecular weight excluding hydrogens is 623 g/mol. The van der Waals surface area contributed by atoms with E-state index in [0.717, 1.165) is 37.0 Å². The van der Waals surface area contributed by atoms with Crippen molar-refractivity contribution in [3.8, 4) is 5.69 Å². The van der Waals surface area contributed by atoms with E-state index in [1.165, 1.54) is 18.3 Å². The number of carbonyl (C=O) groups excluding carboxylic acids is 1. The fraction of sp³-hybridized carbons (Fsp3) is 0.143. The molecule has 202 valence electrons. The van der Waals surface area contributed by atoms with Gasteiger partial charge in [-0.05, 0) is 61.9 Å². The van der Waals surface area contributed by atoms with E-state index < -0.39 is 22.5 Å². The number of sulfonamides is 1. The molecule has 0 saturated heterocycles. The van der Waals surface area contributed by atoms with Crippen molar-refractivity contribution >= 4 is 61.3 Å². The number of carbonyl (C=O) groups is 1. The van der Waals surface area contributed by atoms with E-state index in [1.807, 2.05) is 66.9 Å². The third-order valence-electron chi connectivity index (χ3n) is 6.01. The van der Waals surface area contributed by atoms with E-state index in [-0.39, 0.29) is 11.4 Å². The summed E-state index contributed by atoms with van der Waals surface area (Å²) >= 11 is 15.9. The molecule has 0 radical (unpaired) electrons. The molecule has 0 aliphatic carbocycles. The van der Waals surface area contributed by atoms with Crippen LogP contribution in [-0.2, 0) is 21.4 Å². The lowest BCUT2D eigenvalue weighted by Crippen LogP contribution is -2.39. The van der Waals surface area contributed by atoms with Gasteiger partial charge >= 0.3 is 0 Å². The molecule has 1 N–H and O–H groups in total. The van der Waals surface area contributed by atoms with Crippen molar-refractivity contribution in [3.05, 3.63) is 116 Å². The van der Waals surface area contributed by atoms with Crippen molar-refractivity contribution in [1.29, 1.82) is 0 Å². The molecular formula is C28H25BrCl2N4O3S. The van der Waals surface area contributed by atoms with Gasteiger partial charge in [0.1, 0.15) is 0 Å². The van der Waals surface area contributed by atoms with Gasteiger partial charge in [-0.2, -0.15) is 9.41 Å². The maximum absolute atomic E-state index is 13.4. The summed E-state index contributed by atoms with van der Waals surface area (Å²) in [5.74, 6) is -0.574. The number of benzene rings is 3. The summed E-state index contributed by atoms with van der Waals surface area (Å²) < 4.78 is 30.7. The summed E-state index contributed by atoms with van der Waals surface area (Å²) in [5, 5.41) is 4.97. The Bertz CT molecular complexity index is 1620. The van der Waals surface area contributed by atoms with Gasteiger partial charge in [-0.15, -0.1) is 0 Å². The van der Waals surface area contributed by atoms with Crippen LogP contribution in [0.2, 0.25) is 10.0 Å². The SMILES string of the molecule is Cc1cc(/C=N/NC(=O)CN(Cc2ccccc2)S(=O)(=O)c2ccc(Br)cc2)c(C)n1-c1cccc(Cl)c1Cl. The highest BCUT2D eigenvalue weighted by atomic mass is 79.9. The van der Waals surface area contributed by atoms with Gasteiger partial charge in [-0.1, -0.05) is 75.5 Å². The van der Waals surface area contributed by atoms with Crippen molar-refractivity contribution < 1.29 is 13.2 Å². The molecule has 0 spiro atoms. The van der Waals surface area contributed by atoms with E-state index in [2.05, 4.69) is 26.5 Å². The normalized spacial score (nSPS) is 11.8. The number of rotatable bonds is 9. The number of aromatic nitrogens is 1. The molecule has 4 rings (SSSR count). The van der Waals surface area contributed by atoms with Gasteiger partial charge in [0.05, 0.1) is 33.4 Å². The maximum Gasteiger partial charge on any atom is 0.255 e. The Kier molecular flexibility index (Phi) is 9.30.